The molecule has 34 heavy (non-hydrogen) atoms. The second-order valence-corrected chi connectivity index (χ2v) is 8.81. The molecule has 0 bridgehead atoms. The molecule has 2 atom stereocenters. The average Bonchev–Trinajstić information content (AvgIpc) is 2.81. The Hall–Kier alpha value is -3.36. The maximum atomic E-state index is 12.5. The van der Waals surface area contributed by atoms with Crippen molar-refractivity contribution in [1.82, 2.24) is 0 Å². The average molecular weight is 468 g/mol. The molecule has 1 aliphatic heterocycles. The third-order valence-corrected chi connectivity index (χ3v) is 5.97. The van der Waals surface area contributed by atoms with Gasteiger partial charge in [-0.3, -0.25) is 5.32 Å². The van der Waals surface area contributed by atoms with Gasteiger partial charge in [0.15, 0.2) is 0 Å². The van der Waals surface area contributed by atoms with Crippen LogP contribution in [0, 0.1) is 6.92 Å². The molecular formula is C26H29NO7. The van der Waals surface area contributed by atoms with Crippen LogP contribution < -0.4 is 15.7 Å². The summed E-state index contributed by atoms with van der Waals surface area (Å²) in [6, 6.07) is 14.4. The number of nitrogens with one attached hydrogen (secondary N) is 1. The van der Waals surface area contributed by atoms with Gasteiger partial charge in [0.25, 0.3) is 0 Å². The number of methoxy groups -OCH3 is 1. The summed E-state index contributed by atoms with van der Waals surface area (Å²) in [4.78, 5) is 24.7. The third-order valence-electron chi connectivity index (χ3n) is 5.97. The summed E-state index contributed by atoms with van der Waals surface area (Å²) in [6.07, 6.45) is 0.305. The van der Waals surface area contributed by atoms with E-state index in [2.05, 4.69) is 5.32 Å². The van der Waals surface area contributed by atoms with Gasteiger partial charge < -0.3 is 23.4 Å². The summed E-state index contributed by atoms with van der Waals surface area (Å²) in [7, 11) is 1.68. The van der Waals surface area contributed by atoms with Crippen LogP contribution in [-0.4, -0.2) is 31.2 Å². The SMILES string of the molecule is COC1CCC(Oc2ccc3cc(NC(=O)OCc4ccccc4)c(=O)oc3c2C)OC1(C)C. The normalized spacial score (nSPS) is 19.5. The van der Waals surface area contributed by atoms with E-state index in [-0.39, 0.29) is 18.4 Å². The molecule has 1 amide bonds. The third kappa shape index (κ3) is 5.24. The first-order chi connectivity index (χ1) is 16.3. The minimum atomic E-state index is -0.737. The molecule has 4 rings (SSSR count). The van der Waals surface area contributed by atoms with Crippen LogP contribution in [0.15, 0.2) is 57.7 Å². The molecule has 1 N–H and O–H groups in total. The van der Waals surface area contributed by atoms with Crippen molar-refractivity contribution in [1.29, 1.82) is 0 Å². The Labute approximate surface area is 197 Å². The molecule has 1 aliphatic rings. The van der Waals surface area contributed by atoms with Crippen LogP contribution in [0.3, 0.4) is 0 Å². The Kier molecular flexibility index (Phi) is 6.90. The lowest BCUT2D eigenvalue weighted by molar-refractivity contribution is -0.233. The molecular weight excluding hydrogens is 438 g/mol. The molecule has 8 heteroatoms. The zero-order chi connectivity index (χ0) is 24.3. The summed E-state index contributed by atoms with van der Waals surface area (Å²) in [5, 5.41) is 3.11. The quantitative estimate of drug-likeness (QED) is 0.500. The lowest BCUT2D eigenvalue weighted by atomic mass is 9.94. The predicted octanol–water partition coefficient (Wildman–Crippen LogP) is 5.16. The number of aryl methyl sites for hydroxylation is 1. The van der Waals surface area contributed by atoms with Gasteiger partial charge in [-0.1, -0.05) is 30.3 Å². The summed E-state index contributed by atoms with van der Waals surface area (Å²) in [6.45, 7) is 5.86. The summed E-state index contributed by atoms with van der Waals surface area (Å²) >= 11 is 0. The minimum Gasteiger partial charge on any atom is -0.465 e. The summed E-state index contributed by atoms with van der Waals surface area (Å²) in [5.41, 5.74) is 0.738. The van der Waals surface area contributed by atoms with Gasteiger partial charge in [0.1, 0.15) is 23.6 Å². The first-order valence-electron chi connectivity index (χ1n) is 11.2. The van der Waals surface area contributed by atoms with Crippen LogP contribution in [-0.2, 0) is 20.8 Å². The Bertz CT molecular complexity index is 1220. The maximum Gasteiger partial charge on any atom is 0.412 e. The molecule has 3 aromatic rings. The fourth-order valence-electron chi connectivity index (χ4n) is 4.12. The predicted molar refractivity (Wildman–Crippen MR) is 127 cm³/mol. The number of carbonyl (C=O) groups excluding carboxylic acids is 1. The molecule has 0 radical (unpaired) electrons. The Morgan fingerprint density at radius 1 is 1.15 bits per heavy atom. The number of hydrogen-bond acceptors (Lipinski definition) is 7. The van der Waals surface area contributed by atoms with Crippen LogP contribution in [0.25, 0.3) is 11.0 Å². The largest absolute Gasteiger partial charge is 0.465 e. The highest BCUT2D eigenvalue weighted by molar-refractivity contribution is 5.89. The van der Waals surface area contributed by atoms with Crippen molar-refractivity contribution < 1.29 is 28.2 Å². The number of rotatable bonds is 6. The van der Waals surface area contributed by atoms with Crippen LogP contribution in [0.4, 0.5) is 10.5 Å². The van der Waals surface area contributed by atoms with Gasteiger partial charge in [-0.05, 0) is 51.0 Å². The summed E-state index contributed by atoms with van der Waals surface area (Å²) in [5.74, 6) is 0.565. The van der Waals surface area contributed by atoms with Crippen molar-refractivity contribution in [2.24, 2.45) is 0 Å². The molecule has 2 heterocycles. The van der Waals surface area contributed by atoms with E-state index in [1.165, 1.54) is 0 Å². The Balaban J connectivity index is 1.47. The van der Waals surface area contributed by atoms with Crippen molar-refractivity contribution in [2.45, 2.75) is 58.2 Å². The first kappa shape index (κ1) is 23.8. The van der Waals surface area contributed by atoms with E-state index >= 15 is 0 Å². The topological polar surface area (TPSA) is 96.2 Å². The van der Waals surface area contributed by atoms with Crippen molar-refractivity contribution >= 4 is 22.7 Å². The number of hydrogen-bond donors (Lipinski definition) is 1. The lowest BCUT2D eigenvalue weighted by Crippen LogP contribution is -2.49. The highest BCUT2D eigenvalue weighted by Crippen LogP contribution is 2.34. The molecule has 0 aliphatic carbocycles. The van der Waals surface area contributed by atoms with E-state index < -0.39 is 23.6 Å². The van der Waals surface area contributed by atoms with E-state index in [1.807, 2.05) is 51.1 Å². The lowest BCUT2D eigenvalue weighted by Gasteiger charge is -2.41. The van der Waals surface area contributed by atoms with Gasteiger partial charge in [0.2, 0.25) is 6.29 Å². The van der Waals surface area contributed by atoms with Crippen molar-refractivity contribution in [2.75, 3.05) is 12.4 Å². The van der Waals surface area contributed by atoms with Gasteiger partial charge in [-0.25, -0.2) is 9.59 Å². The number of fused-ring (bicyclic) bond motifs is 1. The van der Waals surface area contributed by atoms with E-state index in [1.54, 1.807) is 25.3 Å². The smallest absolute Gasteiger partial charge is 0.412 e. The second kappa shape index (κ2) is 9.87. The van der Waals surface area contributed by atoms with Gasteiger partial charge >= 0.3 is 11.7 Å². The molecule has 8 nitrogen and oxygen atoms in total. The highest BCUT2D eigenvalue weighted by atomic mass is 16.7. The molecule has 0 saturated carbocycles. The minimum absolute atomic E-state index is 0.00148. The monoisotopic (exact) mass is 467 g/mol. The standard InChI is InChI=1S/C26H29NO7/c1-16-20(32-22-13-12-21(30-4)26(2,3)34-22)11-10-18-14-19(24(28)33-23(16)18)27-25(29)31-15-17-8-6-5-7-9-17/h5-11,14,21-22H,12-13,15H2,1-4H3,(H,27,29). The molecule has 1 aromatic heterocycles. The number of carbonyl (C=O) groups is 1. The van der Waals surface area contributed by atoms with Gasteiger partial charge in [0, 0.05) is 24.5 Å². The van der Waals surface area contributed by atoms with E-state index in [0.29, 0.717) is 28.7 Å². The molecule has 0 spiro atoms. The second-order valence-electron chi connectivity index (χ2n) is 8.81. The van der Waals surface area contributed by atoms with E-state index in [4.69, 9.17) is 23.4 Å². The van der Waals surface area contributed by atoms with Crippen molar-refractivity contribution in [3.8, 4) is 5.75 Å². The van der Waals surface area contributed by atoms with Crippen molar-refractivity contribution in [3.63, 3.8) is 0 Å². The number of benzene rings is 2. The summed E-state index contributed by atoms with van der Waals surface area (Å²) < 4.78 is 28.4. The van der Waals surface area contributed by atoms with Gasteiger partial charge in [-0.15, -0.1) is 0 Å². The molecule has 1 saturated heterocycles. The van der Waals surface area contributed by atoms with Crippen LogP contribution in [0.5, 0.6) is 5.75 Å². The Morgan fingerprint density at radius 2 is 1.91 bits per heavy atom. The van der Waals surface area contributed by atoms with E-state index in [0.717, 1.165) is 12.0 Å². The van der Waals surface area contributed by atoms with Gasteiger partial charge in [-0.2, -0.15) is 0 Å². The first-order valence-corrected chi connectivity index (χ1v) is 11.2. The zero-order valence-electron chi connectivity index (χ0n) is 19.8. The fraction of sp³-hybridized carbons (Fsp3) is 0.385. The number of anilines is 1. The van der Waals surface area contributed by atoms with Crippen molar-refractivity contribution in [3.05, 3.63) is 70.1 Å². The molecule has 1 fully saturated rings. The molecule has 2 aromatic carbocycles. The molecule has 2 unspecified atom stereocenters. The van der Waals surface area contributed by atoms with Crippen LogP contribution in [0.1, 0.15) is 37.8 Å². The van der Waals surface area contributed by atoms with E-state index in [9.17, 15) is 9.59 Å². The molecule has 180 valence electrons. The Morgan fingerprint density at radius 3 is 2.62 bits per heavy atom. The fourth-order valence-corrected chi connectivity index (χ4v) is 4.12. The highest BCUT2D eigenvalue weighted by Gasteiger charge is 2.39. The number of ether oxygens (including phenoxy) is 4. The number of amides is 1. The maximum absolute atomic E-state index is 12.5. The van der Waals surface area contributed by atoms with Gasteiger partial charge in [0.05, 0.1) is 11.7 Å². The van der Waals surface area contributed by atoms with Crippen LogP contribution in [0.2, 0.25) is 0 Å². The van der Waals surface area contributed by atoms with Crippen LogP contribution >= 0.6 is 0 Å². The zero-order valence-corrected chi connectivity index (χ0v) is 19.8.